The van der Waals surface area contributed by atoms with Crippen LogP contribution < -0.4 is 16.0 Å². The number of nitrogens with one attached hydrogen (secondary N) is 1. The van der Waals surface area contributed by atoms with Crippen molar-refractivity contribution in [1.82, 2.24) is 15.0 Å². The maximum absolute atomic E-state index is 12.3. The SMILES string of the molecule is NS(=O)(=O)c1cccc(NC(=O)Cn2nnc3ccccc3c2=O)c1. The lowest BCUT2D eigenvalue weighted by Crippen LogP contribution is -2.30. The van der Waals surface area contributed by atoms with Gasteiger partial charge in [-0.2, -0.15) is 0 Å². The molecule has 0 spiro atoms. The van der Waals surface area contributed by atoms with E-state index >= 15 is 0 Å². The first-order chi connectivity index (χ1) is 11.8. The largest absolute Gasteiger partial charge is 0.324 e. The molecule has 0 unspecified atom stereocenters. The molecular formula is C15H13N5O4S. The molecule has 0 radical (unpaired) electrons. The standard InChI is InChI=1S/C15H13N5O4S/c16-25(23,24)11-5-3-4-10(8-11)17-14(21)9-20-15(22)12-6-1-2-7-13(12)18-19-20/h1-8H,9H2,(H,17,21)(H2,16,23,24). The fourth-order valence-corrected chi connectivity index (χ4v) is 2.77. The third kappa shape index (κ3) is 3.70. The molecular weight excluding hydrogens is 346 g/mol. The molecule has 128 valence electrons. The summed E-state index contributed by atoms with van der Waals surface area (Å²) >= 11 is 0. The first kappa shape index (κ1) is 16.7. The zero-order valence-corrected chi connectivity index (χ0v) is 13.6. The van der Waals surface area contributed by atoms with E-state index in [0.29, 0.717) is 10.9 Å². The quantitative estimate of drug-likeness (QED) is 0.676. The van der Waals surface area contributed by atoms with Crippen molar-refractivity contribution in [3.05, 3.63) is 58.9 Å². The second kappa shape index (κ2) is 6.42. The first-order valence-corrected chi connectivity index (χ1v) is 8.64. The zero-order valence-electron chi connectivity index (χ0n) is 12.8. The van der Waals surface area contributed by atoms with Crippen molar-refractivity contribution >= 4 is 32.5 Å². The Morgan fingerprint density at radius 1 is 1.16 bits per heavy atom. The van der Waals surface area contributed by atoms with E-state index in [1.807, 2.05) is 0 Å². The van der Waals surface area contributed by atoms with Crippen molar-refractivity contribution < 1.29 is 13.2 Å². The lowest BCUT2D eigenvalue weighted by atomic mass is 10.2. The molecule has 0 bridgehead atoms. The van der Waals surface area contributed by atoms with Crippen molar-refractivity contribution in [3.63, 3.8) is 0 Å². The summed E-state index contributed by atoms with van der Waals surface area (Å²) < 4.78 is 23.6. The number of rotatable bonds is 4. The van der Waals surface area contributed by atoms with E-state index in [4.69, 9.17) is 5.14 Å². The van der Waals surface area contributed by atoms with Crippen LogP contribution in [-0.4, -0.2) is 29.3 Å². The number of nitrogens with two attached hydrogens (primary N) is 1. The van der Waals surface area contributed by atoms with Crippen LogP contribution >= 0.6 is 0 Å². The molecule has 0 aliphatic heterocycles. The average molecular weight is 359 g/mol. The number of carbonyl (C=O) groups is 1. The van der Waals surface area contributed by atoms with E-state index < -0.39 is 21.5 Å². The molecule has 1 aromatic heterocycles. The maximum Gasteiger partial charge on any atom is 0.278 e. The third-order valence-corrected chi connectivity index (χ3v) is 4.28. The summed E-state index contributed by atoms with van der Waals surface area (Å²) in [6.07, 6.45) is 0. The minimum atomic E-state index is -3.88. The molecule has 0 atom stereocenters. The van der Waals surface area contributed by atoms with Gasteiger partial charge in [0.1, 0.15) is 12.1 Å². The Bertz CT molecular complexity index is 1120. The lowest BCUT2D eigenvalue weighted by Gasteiger charge is -2.08. The Morgan fingerprint density at radius 3 is 2.68 bits per heavy atom. The first-order valence-electron chi connectivity index (χ1n) is 7.10. The van der Waals surface area contributed by atoms with Crippen molar-refractivity contribution in [2.24, 2.45) is 5.14 Å². The Balaban J connectivity index is 1.82. The predicted octanol–water partition coefficient (Wildman–Crippen LogP) is 0.0776. The number of fused-ring (bicyclic) bond motifs is 1. The number of nitrogens with zero attached hydrogens (tertiary/aromatic N) is 3. The van der Waals surface area contributed by atoms with Crippen molar-refractivity contribution in [3.8, 4) is 0 Å². The molecule has 3 aromatic rings. The number of aromatic nitrogens is 3. The molecule has 2 aromatic carbocycles. The van der Waals surface area contributed by atoms with E-state index in [1.165, 1.54) is 24.3 Å². The van der Waals surface area contributed by atoms with Crippen LogP contribution in [0.2, 0.25) is 0 Å². The van der Waals surface area contributed by atoms with E-state index in [1.54, 1.807) is 24.3 Å². The molecule has 0 aliphatic carbocycles. The summed E-state index contributed by atoms with van der Waals surface area (Å²) in [6, 6.07) is 12.1. The molecule has 3 N–H and O–H groups in total. The Labute approximate surface area is 142 Å². The molecule has 1 amide bonds. The molecule has 0 saturated heterocycles. The predicted molar refractivity (Wildman–Crippen MR) is 90.2 cm³/mol. The fraction of sp³-hybridized carbons (Fsp3) is 0.0667. The Kier molecular flexibility index (Phi) is 4.30. The van der Waals surface area contributed by atoms with Crippen LogP contribution in [0.5, 0.6) is 0 Å². The summed E-state index contributed by atoms with van der Waals surface area (Å²) in [5.74, 6) is -0.557. The summed E-state index contributed by atoms with van der Waals surface area (Å²) in [4.78, 5) is 24.3. The van der Waals surface area contributed by atoms with Gasteiger partial charge in [-0.25, -0.2) is 18.2 Å². The summed E-state index contributed by atoms with van der Waals surface area (Å²) in [6.45, 7) is -0.365. The van der Waals surface area contributed by atoms with Gasteiger partial charge in [0.05, 0.1) is 10.3 Å². The van der Waals surface area contributed by atoms with Gasteiger partial charge in [-0.05, 0) is 30.3 Å². The van der Waals surface area contributed by atoms with Crippen LogP contribution in [0.15, 0.2) is 58.2 Å². The molecule has 9 nitrogen and oxygen atoms in total. The third-order valence-electron chi connectivity index (χ3n) is 3.37. The number of hydrogen-bond donors (Lipinski definition) is 2. The van der Waals surface area contributed by atoms with Crippen LogP contribution in [0.1, 0.15) is 0 Å². The van der Waals surface area contributed by atoms with E-state index in [9.17, 15) is 18.0 Å². The highest BCUT2D eigenvalue weighted by atomic mass is 32.2. The highest BCUT2D eigenvalue weighted by Crippen LogP contribution is 2.14. The maximum atomic E-state index is 12.3. The topological polar surface area (TPSA) is 137 Å². The minimum Gasteiger partial charge on any atom is -0.324 e. The van der Waals surface area contributed by atoms with Crippen LogP contribution in [0, 0.1) is 0 Å². The average Bonchev–Trinajstić information content (AvgIpc) is 2.57. The van der Waals surface area contributed by atoms with Crippen LogP contribution in [0.4, 0.5) is 5.69 Å². The number of sulfonamides is 1. The number of amides is 1. The van der Waals surface area contributed by atoms with Crippen molar-refractivity contribution in [1.29, 1.82) is 0 Å². The fourth-order valence-electron chi connectivity index (χ4n) is 2.21. The minimum absolute atomic E-state index is 0.132. The monoisotopic (exact) mass is 359 g/mol. The van der Waals surface area contributed by atoms with Gasteiger partial charge >= 0.3 is 0 Å². The van der Waals surface area contributed by atoms with Crippen LogP contribution in [0.25, 0.3) is 10.9 Å². The van der Waals surface area contributed by atoms with E-state index in [-0.39, 0.29) is 17.1 Å². The zero-order chi connectivity index (χ0) is 18.0. The number of anilines is 1. The van der Waals surface area contributed by atoms with Gasteiger partial charge in [0, 0.05) is 5.69 Å². The molecule has 25 heavy (non-hydrogen) atoms. The van der Waals surface area contributed by atoms with Crippen molar-refractivity contribution in [2.45, 2.75) is 11.4 Å². The van der Waals surface area contributed by atoms with Crippen molar-refractivity contribution in [2.75, 3.05) is 5.32 Å². The van der Waals surface area contributed by atoms with Crippen LogP contribution in [0.3, 0.4) is 0 Å². The normalized spacial score (nSPS) is 11.4. The molecule has 10 heteroatoms. The second-order valence-electron chi connectivity index (χ2n) is 5.19. The molecule has 0 saturated carbocycles. The number of carbonyl (C=O) groups excluding carboxylic acids is 1. The molecule has 0 fully saturated rings. The second-order valence-corrected chi connectivity index (χ2v) is 6.75. The van der Waals surface area contributed by atoms with Gasteiger partial charge in [-0.1, -0.05) is 23.4 Å². The molecule has 3 rings (SSSR count). The van der Waals surface area contributed by atoms with Gasteiger partial charge in [0.2, 0.25) is 15.9 Å². The Morgan fingerprint density at radius 2 is 1.92 bits per heavy atom. The summed E-state index contributed by atoms with van der Waals surface area (Å²) in [5.41, 5.74) is 0.224. The van der Waals surface area contributed by atoms with E-state index in [2.05, 4.69) is 15.6 Å². The van der Waals surface area contributed by atoms with Gasteiger partial charge in [0.25, 0.3) is 5.56 Å². The number of benzene rings is 2. The molecule has 1 heterocycles. The Hall–Kier alpha value is -3.11. The lowest BCUT2D eigenvalue weighted by molar-refractivity contribution is -0.117. The van der Waals surface area contributed by atoms with Gasteiger partial charge in [0.15, 0.2) is 0 Å². The summed E-state index contributed by atoms with van der Waals surface area (Å²) in [7, 11) is -3.88. The van der Waals surface area contributed by atoms with Crippen LogP contribution in [-0.2, 0) is 21.4 Å². The van der Waals surface area contributed by atoms with Gasteiger partial charge in [-0.3, -0.25) is 9.59 Å². The highest BCUT2D eigenvalue weighted by Gasteiger charge is 2.12. The smallest absolute Gasteiger partial charge is 0.278 e. The highest BCUT2D eigenvalue weighted by molar-refractivity contribution is 7.89. The summed E-state index contributed by atoms with van der Waals surface area (Å²) in [5, 5.41) is 15.5. The van der Waals surface area contributed by atoms with Gasteiger partial charge in [-0.15, -0.1) is 5.10 Å². The van der Waals surface area contributed by atoms with E-state index in [0.717, 1.165) is 4.68 Å². The van der Waals surface area contributed by atoms with Gasteiger partial charge < -0.3 is 5.32 Å². The number of primary sulfonamides is 1. The molecule has 0 aliphatic rings. The number of hydrogen-bond acceptors (Lipinski definition) is 6.